The predicted octanol–water partition coefficient (Wildman–Crippen LogP) is 4.76. The van der Waals surface area contributed by atoms with Crippen molar-refractivity contribution in [1.29, 1.82) is 5.41 Å². The zero-order chi connectivity index (χ0) is 25.2. The summed E-state index contributed by atoms with van der Waals surface area (Å²) in [6.07, 6.45) is 2.62. The van der Waals surface area contributed by atoms with E-state index in [-0.39, 0.29) is 23.5 Å². The van der Waals surface area contributed by atoms with Crippen molar-refractivity contribution in [2.75, 3.05) is 25.4 Å². The number of halogens is 2. The number of piperidine rings is 1. The number of rotatable bonds is 6. The molecule has 0 aliphatic carbocycles. The van der Waals surface area contributed by atoms with Crippen LogP contribution in [0.15, 0.2) is 54.6 Å². The number of carbonyl (C=O) groups excluding carboxylic acids is 1. The van der Waals surface area contributed by atoms with Crippen LogP contribution in [-0.4, -0.2) is 42.3 Å². The molecular weight excluding hydrogens is 570 g/mol. The smallest absolute Gasteiger partial charge is 0.251 e. The number of nitrogens with zero attached hydrogens (tertiary/aromatic N) is 1. The number of hydrogen-bond donors (Lipinski definition) is 3. The van der Waals surface area contributed by atoms with Crippen LogP contribution in [-0.2, 0) is 13.0 Å². The normalized spacial score (nSPS) is 17.3. The van der Waals surface area contributed by atoms with Gasteiger partial charge in [0.2, 0.25) is 0 Å². The molecule has 0 spiro atoms. The summed E-state index contributed by atoms with van der Waals surface area (Å²) < 4.78 is 20.8. The first kappa shape index (κ1) is 24.7. The van der Waals surface area contributed by atoms with Crippen LogP contribution in [0.3, 0.4) is 0 Å². The summed E-state index contributed by atoms with van der Waals surface area (Å²) in [6.45, 7) is 2.70. The fourth-order valence-corrected chi connectivity index (χ4v) is 5.54. The molecule has 0 bridgehead atoms. The molecule has 2 aliphatic rings. The van der Waals surface area contributed by atoms with Gasteiger partial charge in [0.05, 0.1) is 12.3 Å². The molecule has 2 heterocycles. The Labute approximate surface area is 223 Å². The first-order valence-electron chi connectivity index (χ1n) is 12.1. The summed E-state index contributed by atoms with van der Waals surface area (Å²) in [5, 5.41) is 11.9. The maximum absolute atomic E-state index is 14.3. The third kappa shape index (κ3) is 5.24. The molecule has 3 aromatic carbocycles. The highest BCUT2D eigenvalue weighted by atomic mass is 127. The maximum atomic E-state index is 14.3. The van der Waals surface area contributed by atoms with Gasteiger partial charge in [-0.05, 0) is 96.1 Å². The first-order chi connectivity index (χ1) is 17.4. The molecule has 0 radical (unpaired) electrons. The number of carbonyl (C=O) groups is 1. The van der Waals surface area contributed by atoms with Crippen LogP contribution in [0.4, 0.5) is 10.1 Å². The molecular formula is C28H28FIN4O2. The molecule has 1 fully saturated rings. The van der Waals surface area contributed by atoms with Gasteiger partial charge in [-0.3, -0.25) is 15.1 Å². The minimum atomic E-state index is -0.196. The Balaban J connectivity index is 1.27. The van der Waals surface area contributed by atoms with Crippen molar-refractivity contribution in [2.24, 2.45) is 0 Å². The van der Waals surface area contributed by atoms with Crippen molar-refractivity contribution in [3.63, 3.8) is 0 Å². The van der Waals surface area contributed by atoms with E-state index in [2.05, 4.69) is 32.8 Å². The van der Waals surface area contributed by atoms with E-state index in [0.29, 0.717) is 42.1 Å². The quantitative estimate of drug-likeness (QED) is 0.217. The average Bonchev–Trinajstić information content (AvgIpc) is 3.34. The Hall–Kier alpha value is -2.98. The molecule has 8 heteroatoms. The topological polar surface area (TPSA) is 91.4 Å². The fourth-order valence-electron chi connectivity index (χ4n) is 4.90. The number of fused-ring (bicyclic) bond motifs is 1. The maximum Gasteiger partial charge on any atom is 0.251 e. The molecule has 0 saturated carbocycles. The number of nitrogens with two attached hydrogens (primary N) is 1. The van der Waals surface area contributed by atoms with E-state index in [1.807, 2.05) is 24.3 Å². The lowest BCUT2D eigenvalue weighted by molar-refractivity contribution is 0.0900. The summed E-state index contributed by atoms with van der Waals surface area (Å²) in [4.78, 5) is 15.3. The Bertz CT molecular complexity index is 1310. The number of nitrogen functional groups attached to an aromatic ring is 1. The van der Waals surface area contributed by atoms with Crippen LogP contribution in [0, 0.1) is 14.8 Å². The fraction of sp³-hybridized carbons (Fsp3) is 0.286. The molecule has 3 aromatic rings. The van der Waals surface area contributed by atoms with Crippen LogP contribution in [0.2, 0.25) is 0 Å². The van der Waals surface area contributed by atoms with Crippen molar-refractivity contribution in [1.82, 2.24) is 10.2 Å². The number of amides is 1. The summed E-state index contributed by atoms with van der Waals surface area (Å²) in [5.41, 5.74) is 10.5. The molecule has 36 heavy (non-hydrogen) atoms. The largest absolute Gasteiger partial charge is 0.493 e. The first-order valence-corrected chi connectivity index (χ1v) is 13.2. The van der Waals surface area contributed by atoms with Gasteiger partial charge in [-0.25, -0.2) is 4.39 Å². The Morgan fingerprint density at radius 2 is 2.03 bits per heavy atom. The van der Waals surface area contributed by atoms with E-state index < -0.39 is 0 Å². The minimum absolute atomic E-state index is 0.0344. The summed E-state index contributed by atoms with van der Waals surface area (Å²) >= 11 is 2.17. The number of ether oxygens (including phenoxy) is 1. The van der Waals surface area contributed by atoms with Gasteiger partial charge in [-0.2, -0.15) is 0 Å². The van der Waals surface area contributed by atoms with Crippen molar-refractivity contribution >= 4 is 39.9 Å². The van der Waals surface area contributed by atoms with Gasteiger partial charge in [0.15, 0.2) is 0 Å². The molecule has 6 nitrogen and oxygen atoms in total. The van der Waals surface area contributed by atoms with E-state index in [1.165, 1.54) is 6.07 Å². The predicted molar refractivity (Wildman–Crippen MR) is 147 cm³/mol. The molecule has 0 aromatic heterocycles. The number of likely N-dealkylation sites (tertiary alicyclic amines) is 1. The summed E-state index contributed by atoms with van der Waals surface area (Å²) in [7, 11) is 0. The molecule has 186 valence electrons. The summed E-state index contributed by atoms with van der Waals surface area (Å²) in [6, 6.07) is 15.9. The second-order valence-electron chi connectivity index (χ2n) is 9.35. The van der Waals surface area contributed by atoms with Crippen molar-refractivity contribution in [2.45, 2.75) is 31.8 Å². The molecule has 4 N–H and O–H groups in total. The minimum Gasteiger partial charge on any atom is -0.493 e. The van der Waals surface area contributed by atoms with Crippen LogP contribution >= 0.6 is 22.6 Å². The highest BCUT2D eigenvalue weighted by Gasteiger charge is 2.24. The Morgan fingerprint density at radius 3 is 2.86 bits per heavy atom. The molecule has 1 saturated heterocycles. The Kier molecular flexibility index (Phi) is 7.25. The lowest BCUT2D eigenvalue weighted by atomic mass is 9.96. The number of hydrogen-bond acceptors (Lipinski definition) is 5. The molecule has 5 rings (SSSR count). The van der Waals surface area contributed by atoms with Gasteiger partial charge >= 0.3 is 0 Å². The molecule has 1 amide bonds. The molecule has 2 aliphatic heterocycles. The summed E-state index contributed by atoms with van der Waals surface area (Å²) in [5.74, 6) is 0.471. The van der Waals surface area contributed by atoms with E-state index in [4.69, 9.17) is 15.9 Å². The third-order valence-corrected chi connectivity index (χ3v) is 7.86. The molecule has 1 atom stereocenters. The standard InChI is InChI=1S/C28H28FIN4O2/c29-23-4-1-5-24(30)22(23)16-34-11-2-3-20(15-34)33-28(35)19-6-8-25(31)21(14-19)27(32)18-7-9-26-17(13-18)10-12-36-26/h1,4-9,13-14,20,32H,2-3,10-12,15-16,31H2,(H,33,35)/t20-/m1/s1. The van der Waals surface area contributed by atoms with E-state index in [1.54, 1.807) is 24.3 Å². The van der Waals surface area contributed by atoms with Gasteiger partial charge in [-0.15, -0.1) is 0 Å². The zero-order valence-electron chi connectivity index (χ0n) is 19.8. The zero-order valence-corrected chi connectivity index (χ0v) is 22.0. The highest BCUT2D eigenvalue weighted by Crippen LogP contribution is 2.28. The van der Waals surface area contributed by atoms with Crippen molar-refractivity contribution in [3.05, 3.63) is 91.8 Å². The van der Waals surface area contributed by atoms with E-state index >= 15 is 0 Å². The van der Waals surface area contributed by atoms with Crippen LogP contribution in [0.1, 0.15) is 45.5 Å². The van der Waals surface area contributed by atoms with E-state index in [0.717, 1.165) is 46.3 Å². The van der Waals surface area contributed by atoms with Gasteiger partial charge in [0.25, 0.3) is 5.91 Å². The second kappa shape index (κ2) is 10.6. The third-order valence-electron chi connectivity index (χ3n) is 6.85. The van der Waals surface area contributed by atoms with Crippen LogP contribution < -0.4 is 15.8 Å². The van der Waals surface area contributed by atoms with Crippen molar-refractivity contribution < 1.29 is 13.9 Å². The van der Waals surface area contributed by atoms with Gasteiger partial charge in [-0.1, -0.05) is 6.07 Å². The van der Waals surface area contributed by atoms with Crippen LogP contribution in [0.25, 0.3) is 0 Å². The number of benzene rings is 3. The lowest BCUT2D eigenvalue weighted by Gasteiger charge is -2.33. The highest BCUT2D eigenvalue weighted by molar-refractivity contribution is 14.1. The average molecular weight is 598 g/mol. The lowest BCUT2D eigenvalue weighted by Crippen LogP contribution is -2.47. The monoisotopic (exact) mass is 598 g/mol. The van der Waals surface area contributed by atoms with Gasteiger partial charge < -0.3 is 15.8 Å². The number of nitrogens with one attached hydrogen (secondary N) is 2. The molecule has 0 unspecified atom stereocenters. The van der Waals surface area contributed by atoms with Gasteiger partial charge in [0, 0.05) is 57.1 Å². The van der Waals surface area contributed by atoms with Crippen LogP contribution in [0.5, 0.6) is 5.75 Å². The number of anilines is 1. The second-order valence-corrected chi connectivity index (χ2v) is 10.5. The van der Waals surface area contributed by atoms with Crippen molar-refractivity contribution in [3.8, 4) is 5.75 Å². The van der Waals surface area contributed by atoms with E-state index in [9.17, 15) is 9.18 Å². The Morgan fingerprint density at radius 1 is 1.19 bits per heavy atom. The SMILES string of the molecule is N=C(c1ccc2c(c1)CCO2)c1cc(C(=O)N[C@@H]2CCCN(Cc3c(F)cccc3I)C2)ccc1N. The van der Waals surface area contributed by atoms with Gasteiger partial charge in [0.1, 0.15) is 11.6 Å².